The number of carbonyl (C=O) groups is 1. The topological polar surface area (TPSA) is 79.4 Å². The van der Waals surface area contributed by atoms with Crippen LogP contribution in [0.15, 0.2) is 23.0 Å². The predicted octanol–water partition coefficient (Wildman–Crippen LogP) is 2.29. The number of hydrogen-bond acceptors (Lipinski definition) is 3. The van der Waals surface area contributed by atoms with Gasteiger partial charge in [0.15, 0.2) is 5.75 Å². The Bertz CT molecular complexity index is 678. The fourth-order valence-electron chi connectivity index (χ4n) is 1.80. The van der Waals surface area contributed by atoms with Gasteiger partial charge in [-0.1, -0.05) is 6.92 Å². The van der Waals surface area contributed by atoms with Crippen molar-refractivity contribution in [1.82, 2.24) is 4.98 Å². The van der Waals surface area contributed by atoms with Crippen LogP contribution in [0.2, 0.25) is 0 Å². The maximum Gasteiger partial charge on any atom is 0.511 e. The zero-order valence-corrected chi connectivity index (χ0v) is 9.49. The summed E-state index contributed by atoms with van der Waals surface area (Å²) in [5, 5.41) is 8.91. The largest absolute Gasteiger partial charge is 0.511 e. The van der Waals surface area contributed by atoms with Gasteiger partial charge in [0.25, 0.3) is 5.56 Å². The second-order valence-electron chi connectivity index (χ2n) is 3.67. The smallest absolute Gasteiger partial charge is 0.449 e. The minimum atomic E-state index is -1.54. The lowest BCUT2D eigenvalue weighted by Crippen LogP contribution is -2.16. The molecule has 0 radical (unpaired) electrons. The summed E-state index contributed by atoms with van der Waals surface area (Å²) >= 11 is 0. The van der Waals surface area contributed by atoms with Crippen molar-refractivity contribution in [3.05, 3.63) is 39.9 Å². The van der Waals surface area contributed by atoms with E-state index in [9.17, 15) is 14.0 Å². The highest BCUT2D eigenvalue weighted by Crippen LogP contribution is 2.27. The molecule has 0 spiro atoms. The van der Waals surface area contributed by atoms with Crippen LogP contribution in [-0.4, -0.2) is 16.2 Å². The average molecular weight is 251 g/mol. The maximum absolute atomic E-state index is 13.2. The molecular weight excluding hydrogens is 241 g/mol. The van der Waals surface area contributed by atoms with Gasteiger partial charge in [0, 0.05) is 5.39 Å². The van der Waals surface area contributed by atoms with Crippen molar-refractivity contribution < 1.29 is 19.0 Å². The molecule has 18 heavy (non-hydrogen) atoms. The van der Waals surface area contributed by atoms with Gasteiger partial charge in [0.1, 0.15) is 5.82 Å². The van der Waals surface area contributed by atoms with Gasteiger partial charge < -0.3 is 14.8 Å². The number of rotatable bonds is 2. The van der Waals surface area contributed by atoms with Crippen molar-refractivity contribution in [1.29, 1.82) is 0 Å². The Morgan fingerprint density at radius 2 is 2.22 bits per heavy atom. The summed E-state index contributed by atoms with van der Waals surface area (Å²) in [6.45, 7) is 1.68. The number of fused-ring (bicyclic) bond motifs is 1. The Kier molecular flexibility index (Phi) is 3.01. The van der Waals surface area contributed by atoms with Gasteiger partial charge >= 0.3 is 6.16 Å². The quantitative estimate of drug-likeness (QED) is 0.802. The third kappa shape index (κ3) is 2.04. The summed E-state index contributed by atoms with van der Waals surface area (Å²) in [4.78, 5) is 24.9. The zero-order chi connectivity index (χ0) is 13.3. The Hall–Kier alpha value is -2.37. The van der Waals surface area contributed by atoms with Crippen molar-refractivity contribution >= 4 is 17.1 Å². The van der Waals surface area contributed by atoms with E-state index >= 15 is 0 Å². The fraction of sp³-hybridized carbons (Fsp3) is 0.167. The van der Waals surface area contributed by atoms with Crippen LogP contribution in [0.25, 0.3) is 10.9 Å². The van der Waals surface area contributed by atoms with E-state index in [1.54, 1.807) is 6.92 Å². The van der Waals surface area contributed by atoms with E-state index < -0.39 is 17.5 Å². The molecule has 0 fully saturated rings. The molecule has 0 atom stereocenters. The van der Waals surface area contributed by atoms with Crippen LogP contribution in [0.4, 0.5) is 9.18 Å². The molecule has 1 aromatic heterocycles. The minimum absolute atomic E-state index is 0.108. The molecule has 5 nitrogen and oxygen atoms in total. The molecule has 0 saturated carbocycles. The summed E-state index contributed by atoms with van der Waals surface area (Å²) in [6, 6.07) is 3.66. The first kappa shape index (κ1) is 12.1. The number of carboxylic acid groups (broad SMARTS) is 1. The molecule has 2 N–H and O–H groups in total. The summed E-state index contributed by atoms with van der Waals surface area (Å²) in [5.74, 6) is -0.643. The lowest BCUT2D eigenvalue weighted by Gasteiger charge is -2.09. The number of nitrogens with one attached hydrogen (secondary N) is 1. The molecule has 0 aliphatic carbocycles. The molecular formula is C12H10FNO4. The molecule has 0 bridgehead atoms. The van der Waals surface area contributed by atoms with Crippen LogP contribution >= 0.6 is 0 Å². The number of pyridine rings is 1. The van der Waals surface area contributed by atoms with E-state index in [4.69, 9.17) is 5.11 Å². The Labute approximate surface area is 101 Å². The number of aromatic amines is 1. The molecule has 2 aromatic rings. The van der Waals surface area contributed by atoms with Crippen molar-refractivity contribution in [3.63, 3.8) is 0 Å². The fourth-order valence-corrected chi connectivity index (χ4v) is 1.80. The van der Waals surface area contributed by atoms with Gasteiger partial charge in [-0.2, -0.15) is 0 Å². The summed E-state index contributed by atoms with van der Waals surface area (Å²) in [5.41, 5.74) is 0.0678. The Morgan fingerprint density at radius 1 is 1.50 bits per heavy atom. The number of hydrogen-bond donors (Lipinski definition) is 2. The van der Waals surface area contributed by atoms with Gasteiger partial charge in [-0.05, 0) is 24.6 Å². The third-order valence-corrected chi connectivity index (χ3v) is 2.57. The molecule has 0 amide bonds. The van der Waals surface area contributed by atoms with Crippen LogP contribution in [0, 0.1) is 5.82 Å². The highest BCUT2D eigenvalue weighted by molar-refractivity contribution is 5.87. The first-order valence-corrected chi connectivity index (χ1v) is 5.28. The third-order valence-electron chi connectivity index (χ3n) is 2.57. The Balaban J connectivity index is 2.85. The van der Waals surface area contributed by atoms with Crippen LogP contribution in [0.5, 0.6) is 5.75 Å². The van der Waals surface area contributed by atoms with E-state index in [1.165, 1.54) is 12.1 Å². The first-order valence-electron chi connectivity index (χ1n) is 5.28. The lowest BCUT2D eigenvalue weighted by atomic mass is 10.1. The average Bonchev–Trinajstić information content (AvgIpc) is 2.30. The molecule has 94 valence electrons. The van der Waals surface area contributed by atoms with Gasteiger partial charge in [-0.15, -0.1) is 0 Å². The molecule has 0 unspecified atom stereocenters. The van der Waals surface area contributed by atoms with Gasteiger partial charge in [0.2, 0.25) is 0 Å². The lowest BCUT2D eigenvalue weighted by molar-refractivity contribution is 0.144. The first-order chi connectivity index (χ1) is 8.52. The van der Waals surface area contributed by atoms with E-state index in [2.05, 4.69) is 9.72 Å². The predicted molar refractivity (Wildman–Crippen MR) is 62.6 cm³/mol. The van der Waals surface area contributed by atoms with Crippen LogP contribution in [0.1, 0.15) is 12.5 Å². The number of benzene rings is 1. The SMILES string of the molecule is CCc1c(OC(=O)O)c2cc(F)ccc2[nH]c1=O. The standard InChI is InChI=1S/C12H10FNO4/c1-2-7-10(18-12(16)17)8-5-6(13)3-4-9(8)14-11(7)15/h3-5H,2H2,1H3,(H,14,15)(H,16,17). The molecule has 6 heteroatoms. The molecule has 0 aliphatic heterocycles. The van der Waals surface area contributed by atoms with Crippen molar-refractivity contribution in [2.24, 2.45) is 0 Å². The van der Waals surface area contributed by atoms with Gasteiger partial charge in [0.05, 0.1) is 11.1 Å². The van der Waals surface area contributed by atoms with Crippen molar-refractivity contribution in [3.8, 4) is 5.75 Å². The molecule has 0 saturated heterocycles. The monoisotopic (exact) mass is 251 g/mol. The number of aromatic nitrogens is 1. The van der Waals surface area contributed by atoms with Crippen LogP contribution < -0.4 is 10.3 Å². The number of halogens is 1. The summed E-state index contributed by atoms with van der Waals surface area (Å²) < 4.78 is 17.8. The minimum Gasteiger partial charge on any atom is -0.449 e. The molecule has 2 rings (SSSR count). The van der Waals surface area contributed by atoms with Gasteiger partial charge in [-0.3, -0.25) is 4.79 Å². The second kappa shape index (κ2) is 4.48. The van der Waals surface area contributed by atoms with E-state index in [0.29, 0.717) is 5.52 Å². The zero-order valence-electron chi connectivity index (χ0n) is 9.49. The number of H-pyrrole nitrogens is 1. The summed E-state index contributed by atoms with van der Waals surface area (Å²) in [6.07, 6.45) is -1.26. The van der Waals surface area contributed by atoms with Crippen LogP contribution in [-0.2, 0) is 6.42 Å². The van der Waals surface area contributed by atoms with E-state index in [0.717, 1.165) is 6.07 Å². The second-order valence-corrected chi connectivity index (χ2v) is 3.67. The van der Waals surface area contributed by atoms with Crippen LogP contribution in [0.3, 0.4) is 0 Å². The van der Waals surface area contributed by atoms with E-state index in [-0.39, 0.29) is 23.1 Å². The molecule has 0 aliphatic rings. The maximum atomic E-state index is 13.2. The molecule has 1 aromatic carbocycles. The van der Waals surface area contributed by atoms with Crippen molar-refractivity contribution in [2.75, 3.05) is 0 Å². The Morgan fingerprint density at radius 3 is 2.83 bits per heavy atom. The molecule has 1 heterocycles. The van der Waals surface area contributed by atoms with Crippen molar-refractivity contribution in [2.45, 2.75) is 13.3 Å². The number of ether oxygens (including phenoxy) is 1. The highest BCUT2D eigenvalue weighted by atomic mass is 19.1. The normalized spacial score (nSPS) is 10.6. The summed E-state index contributed by atoms with van der Waals surface area (Å²) in [7, 11) is 0. The highest BCUT2D eigenvalue weighted by Gasteiger charge is 2.16. The van der Waals surface area contributed by atoms with E-state index in [1.807, 2.05) is 0 Å². The van der Waals surface area contributed by atoms with Gasteiger partial charge in [-0.25, -0.2) is 9.18 Å².